The Labute approximate surface area is 112 Å². The first-order valence-corrected chi connectivity index (χ1v) is 6.26. The highest BCUT2D eigenvalue weighted by Gasteiger charge is 2.03. The highest BCUT2D eigenvalue weighted by atomic mass is 16.3. The third-order valence-corrected chi connectivity index (χ3v) is 3.36. The molecule has 0 bridgehead atoms. The third-order valence-electron chi connectivity index (χ3n) is 3.36. The summed E-state index contributed by atoms with van der Waals surface area (Å²) in [6, 6.07) is 10.4. The number of nitrogens with zero attached hydrogens (tertiary/aromatic N) is 1. The highest BCUT2D eigenvalue weighted by Crippen LogP contribution is 2.20. The molecule has 2 aromatic rings. The fourth-order valence-corrected chi connectivity index (χ4v) is 2.28. The second kappa shape index (κ2) is 4.65. The Kier molecular flexibility index (Phi) is 2.84. The summed E-state index contributed by atoms with van der Waals surface area (Å²) in [7, 11) is 2.03. The van der Waals surface area contributed by atoms with Crippen molar-refractivity contribution in [1.82, 2.24) is 4.57 Å². The molecule has 2 heteroatoms. The average Bonchev–Trinajstić information content (AvgIpc) is 3.05. The van der Waals surface area contributed by atoms with E-state index < -0.39 is 0 Å². The fraction of sp³-hybridized carbons (Fsp3) is 0.0588. The topological polar surface area (TPSA) is 25.2 Å². The van der Waals surface area contributed by atoms with Crippen LogP contribution in [-0.4, -0.2) is 9.67 Å². The number of aryl methyl sites for hydroxylation is 1. The molecule has 1 aromatic heterocycles. The molecular weight excluding hydrogens is 234 g/mol. The van der Waals surface area contributed by atoms with Gasteiger partial charge in [-0.05, 0) is 24.3 Å². The maximum atomic E-state index is 9.96. The number of fused-ring (bicyclic) bond motifs is 1. The molecule has 0 saturated heterocycles. The quantitative estimate of drug-likeness (QED) is 0.795. The van der Waals surface area contributed by atoms with Gasteiger partial charge < -0.3 is 9.67 Å². The van der Waals surface area contributed by atoms with Crippen LogP contribution in [0.3, 0.4) is 0 Å². The number of aliphatic hydroxyl groups excluding tert-OH is 1. The summed E-state index contributed by atoms with van der Waals surface area (Å²) >= 11 is 0. The summed E-state index contributed by atoms with van der Waals surface area (Å²) in [5, 5.41) is 11.2. The molecule has 0 amide bonds. The number of rotatable bonds is 2. The number of para-hydroxylation sites is 1. The lowest BCUT2D eigenvalue weighted by Crippen LogP contribution is -1.90. The number of hydrogen-bond donors (Lipinski definition) is 1. The van der Waals surface area contributed by atoms with Crippen molar-refractivity contribution in [2.75, 3.05) is 0 Å². The van der Waals surface area contributed by atoms with E-state index in [1.807, 2.05) is 49.6 Å². The molecule has 1 N–H and O–H groups in total. The molecule has 0 saturated carbocycles. The lowest BCUT2D eigenvalue weighted by molar-refractivity contribution is 0.430. The van der Waals surface area contributed by atoms with Gasteiger partial charge in [0.15, 0.2) is 0 Å². The minimum Gasteiger partial charge on any atom is -0.507 e. The fourth-order valence-electron chi connectivity index (χ4n) is 2.28. The third kappa shape index (κ3) is 2.13. The summed E-state index contributed by atoms with van der Waals surface area (Å²) < 4.78 is 2.12. The zero-order valence-corrected chi connectivity index (χ0v) is 10.7. The van der Waals surface area contributed by atoms with Crippen LogP contribution in [0.2, 0.25) is 0 Å². The summed E-state index contributed by atoms with van der Waals surface area (Å²) in [5.41, 5.74) is 3.10. The van der Waals surface area contributed by atoms with Gasteiger partial charge in [0, 0.05) is 29.2 Å². The van der Waals surface area contributed by atoms with Crippen LogP contribution in [0.4, 0.5) is 0 Å². The van der Waals surface area contributed by atoms with Gasteiger partial charge in [-0.1, -0.05) is 42.5 Å². The van der Waals surface area contributed by atoms with Gasteiger partial charge in [-0.15, -0.1) is 0 Å². The van der Waals surface area contributed by atoms with Crippen molar-refractivity contribution in [2.24, 2.45) is 7.05 Å². The van der Waals surface area contributed by atoms with Crippen LogP contribution in [0.1, 0.15) is 5.69 Å². The van der Waals surface area contributed by atoms with Crippen molar-refractivity contribution in [3.63, 3.8) is 0 Å². The van der Waals surface area contributed by atoms with E-state index >= 15 is 0 Å². The van der Waals surface area contributed by atoms with E-state index in [0.717, 1.165) is 11.3 Å². The Balaban J connectivity index is 1.98. The average molecular weight is 249 g/mol. The Bertz CT molecular complexity index is 728. The maximum absolute atomic E-state index is 9.96. The van der Waals surface area contributed by atoms with Crippen LogP contribution < -0.4 is 0 Å². The van der Waals surface area contributed by atoms with E-state index in [0.29, 0.717) is 0 Å². The van der Waals surface area contributed by atoms with Crippen LogP contribution in [0.15, 0.2) is 72.0 Å². The molecule has 94 valence electrons. The van der Waals surface area contributed by atoms with E-state index in [1.165, 1.54) is 10.9 Å². The molecule has 0 atom stereocenters. The normalized spacial score (nSPS) is 14.1. The molecule has 1 aliphatic rings. The predicted octanol–water partition coefficient (Wildman–Crippen LogP) is 4.13. The molecule has 0 aliphatic heterocycles. The van der Waals surface area contributed by atoms with E-state index in [9.17, 15) is 5.11 Å². The van der Waals surface area contributed by atoms with Gasteiger partial charge in [-0.2, -0.15) is 0 Å². The molecule has 0 unspecified atom stereocenters. The zero-order chi connectivity index (χ0) is 13.2. The van der Waals surface area contributed by atoms with Crippen LogP contribution in [-0.2, 0) is 7.05 Å². The lowest BCUT2D eigenvalue weighted by Gasteiger charge is -1.99. The monoisotopic (exact) mass is 249 g/mol. The van der Waals surface area contributed by atoms with E-state index in [-0.39, 0.29) is 5.76 Å². The Morgan fingerprint density at radius 1 is 1.16 bits per heavy atom. The van der Waals surface area contributed by atoms with Gasteiger partial charge in [0.25, 0.3) is 0 Å². The van der Waals surface area contributed by atoms with Gasteiger partial charge >= 0.3 is 0 Å². The molecular formula is C17H15NO. The number of allylic oxidation sites excluding steroid dienone is 6. The molecule has 0 fully saturated rings. The number of benzene rings is 1. The SMILES string of the molecule is Cn1c(/C=C/C(O)=C2C=CC=C2)cc2ccccc21. The molecule has 1 heterocycles. The lowest BCUT2D eigenvalue weighted by atomic mass is 10.2. The summed E-state index contributed by atoms with van der Waals surface area (Å²) in [6.45, 7) is 0. The van der Waals surface area contributed by atoms with Gasteiger partial charge in [0.1, 0.15) is 5.76 Å². The van der Waals surface area contributed by atoms with Gasteiger partial charge in [-0.25, -0.2) is 0 Å². The summed E-state index contributed by atoms with van der Waals surface area (Å²) in [6.07, 6.45) is 11.3. The molecule has 19 heavy (non-hydrogen) atoms. The molecule has 1 aromatic carbocycles. The van der Waals surface area contributed by atoms with Crippen LogP contribution in [0, 0.1) is 0 Å². The number of hydrogen-bond acceptors (Lipinski definition) is 1. The first kappa shape index (κ1) is 11.6. The molecule has 3 rings (SSSR count). The van der Waals surface area contributed by atoms with Crippen molar-refractivity contribution >= 4 is 17.0 Å². The Morgan fingerprint density at radius 2 is 1.89 bits per heavy atom. The van der Waals surface area contributed by atoms with Gasteiger partial charge in [0.2, 0.25) is 0 Å². The summed E-state index contributed by atoms with van der Waals surface area (Å²) in [5.74, 6) is 0.287. The van der Waals surface area contributed by atoms with Crippen molar-refractivity contribution in [1.29, 1.82) is 0 Å². The number of aromatic nitrogens is 1. The van der Waals surface area contributed by atoms with Crippen molar-refractivity contribution < 1.29 is 5.11 Å². The number of aliphatic hydroxyl groups is 1. The van der Waals surface area contributed by atoms with E-state index in [4.69, 9.17) is 0 Å². The van der Waals surface area contributed by atoms with Crippen molar-refractivity contribution in [2.45, 2.75) is 0 Å². The zero-order valence-electron chi connectivity index (χ0n) is 10.7. The maximum Gasteiger partial charge on any atom is 0.122 e. The van der Waals surface area contributed by atoms with E-state index in [1.54, 1.807) is 6.08 Å². The summed E-state index contributed by atoms with van der Waals surface area (Å²) in [4.78, 5) is 0. The molecule has 0 spiro atoms. The molecule has 2 nitrogen and oxygen atoms in total. The standard InChI is InChI=1S/C17H15NO/c1-18-15(12-14-8-4-5-9-16(14)18)10-11-17(19)13-6-2-3-7-13/h2-12,19H,1H3/b11-10+. The second-order valence-electron chi connectivity index (χ2n) is 4.58. The van der Waals surface area contributed by atoms with Crippen LogP contribution >= 0.6 is 0 Å². The predicted molar refractivity (Wildman–Crippen MR) is 79.9 cm³/mol. The van der Waals surface area contributed by atoms with Crippen LogP contribution in [0.5, 0.6) is 0 Å². The Hall–Kier alpha value is -2.48. The minimum atomic E-state index is 0.287. The van der Waals surface area contributed by atoms with E-state index in [2.05, 4.69) is 22.8 Å². The van der Waals surface area contributed by atoms with Crippen molar-refractivity contribution in [3.8, 4) is 0 Å². The first-order chi connectivity index (χ1) is 9.25. The van der Waals surface area contributed by atoms with Gasteiger partial charge in [-0.3, -0.25) is 0 Å². The molecule has 1 aliphatic carbocycles. The molecule has 0 radical (unpaired) electrons. The highest BCUT2D eigenvalue weighted by molar-refractivity contribution is 5.83. The van der Waals surface area contributed by atoms with Crippen LogP contribution in [0.25, 0.3) is 17.0 Å². The largest absolute Gasteiger partial charge is 0.507 e. The Morgan fingerprint density at radius 3 is 2.63 bits per heavy atom. The first-order valence-electron chi connectivity index (χ1n) is 6.26. The van der Waals surface area contributed by atoms with Gasteiger partial charge in [0.05, 0.1) is 0 Å². The minimum absolute atomic E-state index is 0.287. The smallest absolute Gasteiger partial charge is 0.122 e. The van der Waals surface area contributed by atoms with Crippen molar-refractivity contribution in [3.05, 3.63) is 77.7 Å². The second-order valence-corrected chi connectivity index (χ2v) is 4.58.